The molecule has 150 valence electrons. The summed E-state index contributed by atoms with van der Waals surface area (Å²) in [4.78, 5) is 7.74. The third kappa shape index (κ3) is 3.48. The molecule has 4 heterocycles. The highest BCUT2D eigenvalue weighted by atomic mass is 19.4. The number of rotatable bonds is 4. The first-order valence-corrected chi connectivity index (χ1v) is 8.40. The van der Waals surface area contributed by atoms with Gasteiger partial charge in [0.15, 0.2) is 5.65 Å². The number of hydrogen-bond donors (Lipinski definition) is 0. The van der Waals surface area contributed by atoms with Gasteiger partial charge < -0.3 is 4.90 Å². The summed E-state index contributed by atoms with van der Waals surface area (Å²) in [7, 11) is 0. The Morgan fingerprint density at radius 3 is 2.46 bits per heavy atom. The van der Waals surface area contributed by atoms with E-state index in [4.69, 9.17) is 0 Å². The number of imidazole rings is 1. The molecule has 0 aliphatic carbocycles. The van der Waals surface area contributed by atoms with Gasteiger partial charge in [-0.15, -0.1) is 15.3 Å². The third-order valence-corrected chi connectivity index (χ3v) is 4.52. The molecule has 0 spiro atoms. The fourth-order valence-corrected chi connectivity index (χ4v) is 3.10. The first-order valence-electron chi connectivity index (χ1n) is 8.40. The van der Waals surface area contributed by atoms with Gasteiger partial charge in [-0.25, -0.2) is 4.98 Å². The highest BCUT2D eigenvalue weighted by molar-refractivity contribution is 5.46. The molecule has 1 aliphatic heterocycles. The van der Waals surface area contributed by atoms with E-state index in [0.29, 0.717) is 36.5 Å². The fraction of sp³-hybridized carbons (Fsp3) is 0.467. The Hall–Kier alpha value is -2.83. The number of anilines is 1. The van der Waals surface area contributed by atoms with Crippen LogP contribution in [0.5, 0.6) is 0 Å². The first-order chi connectivity index (χ1) is 13.3. The molecule has 4 rings (SSSR count). The van der Waals surface area contributed by atoms with E-state index in [2.05, 4.69) is 20.3 Å². The maximum absolute atomic E-state index is 13.0. The minimum atomic E-state index is -4.66. The smallest absolute Gasteiger partial charge is 0.353 e. The van der Waals surface area contributed by atoms with Gasteiger partial charge in [0.1, 0.15) is 11.6 Å². The van der Waals surface area contributed by atoms with E-state index < -0.39 is 18.6 Å². The molecule has 13 heteroatoms. The van der Waals surface area contributed by atoms with Crippen LogP contribution in [0.25, 0.3) is 5.65 Å². The molecule has 0 saturated carbocycles. The Morgan fingerprint density at radius 2 is 1.79 bits per heavy atom. The topological polar surface area (TPSA) is 67.4 Å². The lowest BCUT2D eigenvalue weighted by Gasteiger charge is -2.35. The van der Waals surface area contributed by atoms with Gasteiger partial charge in [-0.3, -0.25) is 9.47 Å². The van der Waals surface area contributed by atoms with Gasteiger partial charge in [0, 0.05) is 38.6 Å². The van der Waals surface area contributed by atoms with Gasteiger partial charge in [0.2, 0.25) is 0 Å². The second-order valence-electron chi connectivity index (χ2n) is 6.27. The normalized spacial score (nSPS) is 16.4. The van der Waals surface area contributed by atoms with Gasteiger partial charge in [0.05, 0.1) is 6.54 Å². The van der Waals surface area contributed by atoms with Crippen LogP contribution >= 0.6 is 0 Å². The molecule has 0 amide bonds. The molecule has 0 atom stereocenters. The fourth-order valence-electron chi connectivity index (χ4n) is 3.10. The monoisotopic (exact) mass is 402 g/mol. The molecular formula is C15H15F5N8. The van der Waals surface area contributed by atoms with Crippen LogP contribution in [0.15, 0.2) is 24.5 Å². The maximum atomic E-state index is 13.0. The van der Waals surface area contributed by atoms with Gasteiger partial charge in [-0.1, -0.05) is 0 Å². The van der Waals surface area contributed by atoms with Crippen LogP contribution in [0.4, 0.5) is 27.8 Å². The quantitative estimate of drug-likeness (QED) is 0.623. The third-order valence-electron chi connectivity index (χ3n) is 4.52. The lowest BCUT2D eigenvalue weighted by atomic mass is 10.3. The van der Waals surface area contributed by atoms with Crippen molar-refractivity contribution in [1.82, 2.24) is 34.3 Å². The van der Waals surface area contributed by atoms with Crippen molar-refractivity contribution < 1.29 is 22.0 Å². The number of piperazine rings is 1. The summed E-state index contributed by atoms with van der Waals surface area (Å²) in [6.07, 6.45) is -2.10. The summed E-state index contributed by atoms with van der Waals surface area (Å²) in [5.74, 6) is -0.546. The Morgan fingerprint density at radius 1 is 1.04 bits per heavy atom. The van der Waals surface area contributed by atoms with Crippen LogP contribution in [0.2, 0.25) is 0 Å². The van der Waals surface area contributed by atoms with Crippen molar-refractivity contribution in [2.45, 2.75) is 19.3 Å². The minimum Gasteiger partial charge on any atom is -0.353 e. The van der Waals surface area contributed by atoms with E-state index in [1.807, 2.05) is 9.80 Å². The summed E-state index contributed by atoms with van der Waals surface area (Å²) >= 11 is 0. The molecule has 8 nitrogen and oxygen atoms in total. The average Bonchev–Trinajstić information content (AvgIpc) is 3.28. The molecule has 0 aromatic carbocycles. The highest BCUT2D eigenvalue weighted by Gasteiger charge is 2.37. The van der Waals surface area contributed by atoms with Gasteiger partial charge >= 0.3 is 12.7 Å². The standard InChI is InChI=1S/C15H15F5N8/c16-14(17)27-4-3-21-12(27)9-25-5-7-26(8-6-25)11-2-1-10-22-23-13(15(18,19)20)28(10)24-11/h1-4,14H,5-9H2. The summed E-state index contributed by atoms with van der Waals surface area (Å²) < 4.78 is 66.3. The van der Waals surface area contributed by atoms with Crippen molar-refractivity contribution in [2.75, 3.05) is 31.1 Å². The largest absolute Gasteiger partial charge is 0.453 e. The van der Waals surface area contributed by atoms with Gasteiger partial charge in [-0.2, -0.15) is 26.5 Å². The number of hydrogen-bond acceptors (Lipinski definition) is 6. The Labute approximate surface area is 155 Å². The molecular weight excluding hydrogens is 387 g/mol. The molecule has 0 radical (unpaired) electrons. The van der Waals surface area contributed by atoms with Crippen molar-refractivity contribution in [2.24, 2.45) is 0 Å². The van der Waals surface area contributed by atoms with Gasteiger partial charge in [0.25, 0.3) is 5.82 Å². The number of fused-ring (bicyclic) bond motifs is 1. The minimum absolute atomic E-state index is 0.00791. The number of halogens is 5. The van der Waals surface area contributed by atoms with Crippen LogP contribution in [0.3, 0.4) is 0 Å². The summed E-state index contributed by atoms with van der Waals surface area (Å²) in [6, 6.07) is 3.01. The zero-order valence-corrected chi connectivity index (χ0v) is 14.4. The number of nitrogens with zero attached hydrogens (tertiary/aromatic N) is 8. The molecule has 3 aromatic heterocycles. The Kier molecular flexibility index (Phi) is 4.61. The van der Waals surface area contributed by atoms with Crippen LogP contribution in [0, 0.1) is 0 Å². The molecule has 0 bridgehead atoms. The first kappa shape index (κ1) is 18.5. The molecule has 1 saturated heterocycles. The van der Waals surface area contributed by atoms with E-state index in [0.717, 1.165) is 4.57 Å². The van der Waals surface area contributed by atoms with Crippen molar-refractivity contribution in [3.8, 4) is 0 Å². The van der Waals surface area contributed by atoms with Crippen LogP contribution in [-0.2, 0) is 12.7 Å². The highest BCUT2D eigenvalue weighted by Crippen LogP contribution is 2.28. The molecule has 0 unspecified atom stereocenters. The van der Waals surface area contributed by atoms with E-state index in [1.54, 1.807) is 6.07 Å². The number of aromatic nitrogens is 6. The zero-order valence-electron chi connectivity index (χ0n) is 14.4. The molecule has 3 aromatic rings. The summed E-state index contributed by atoms with van der Waals surface area (Å²) in [6.45, 7) is -0.356. The predicted octanol–water partition coefficient (Wildman–Crippen LogP) is 2.06. The Balaban J connectivity index is 1.46. The van der Waals surface area contributed by atoms with E-state index in [-0.39, 0.29) is 18.0 Å². The summed E-state index contributed by atoms with van der Waals surface area (Å²) in [5, 5.41) is 10.7. The average molecular weight is 402 g/mol. The lowest BCUT2D eigenvalue weighted by molar-refractivity contribution is -0.146. The summed E-state index contributed by atoms with van der Waals surface area (Å²) in [5.41, 5.74) is 0.00791. The second-order valence-corrected chi connectivity index (χ2v) is 6.27. The zero-order chi connectivity index (χ0) is 19.9. The van der Waals surface area contributed by atoms with E-state index in [9.17, 15) is 22.0 Å². The van der Waals surface area contributed by atoms with E-state index in [1.165, 1.54) is 18.5 Å². The molecule has 0 N–H and O–H groups in total. The molecule has 28 heavy (non-hydrogen) atoms. The van der Waals surface area contributed by atoms with E-state index >= 15 is 0 Å². The van der Waals surface area contributed by atoms with Crippen LogP contribution < -0.4 is 4.90 Å². The molecule has 1 fully saturated rings. The molecule has 1 aliphatic rings. The van der Waals surface area contributed by atoms with Crippen molar-refractivity contribution >= 4 is 11.5 Å². The maximum Gasteiger partial charge on any atom is 0.453 e. The van der Waals surface area contributed by atoms with Crippen LogP contribution in [0.1, 0.15) is 18.2 Å². The lowest BCUT2D eigenvalue weighted by Crippen LogP contribution is -2.46. The van der Waals surface area contributed by atoms with Crippen molar-refractivity contribution in [1.29, 1.82) is 0 Å². The second kappa shape index (κ2) is 6.96. The van der Waals surface area contributed by atoms with Gasteiger partial charge in [-0.05, 0) is 12.1 Å². The number of alkyl halides is 5. The SMILES string of the molecule is FC(F)n1ccnc1CN1CCN(c2ccc3nnc(C(F)(F)F)n3n2)CC1. The van der Waals surface area contributed by atoms with Crippen molar-refractivity contribution in [3.63, 3.8) is 0 Å². The van der Waals surface area contributed by atoms with Crippen LogP contribution in [-0.4, -0.2) is 60.4 Å². The Bertz CT molecular complexity index is 957. The van der Waals surface area contributed by atoms with Crippen molar-refractivity contribution in [3.05, 3.63) is 36.2 Å². The predicted molar refractivity (Wildman–Crippen MR) is 86.8 cm³/mol.